The summed E-state index contributed by atoms with van der Waals surface area (Å²) in [7, 11) is 0. The van der Waals surface area contributed by atoms with E-state index in [1.165, 1.54) is 135 Å². The van der Waals surface area contributed by atoms with E-state index >= 15 is 0 Å². The largest absolute Gasteiger partial charge is 0.291 e. The lowest BCUT2D eigenvalue weighted by Crippen LogP contribution is -1.83. The van der Waals surface area contributed by atoms with Crippen LogP contribution in [0.25, 0.3) is 0 Å². The van der Waals surface area contributed by atoms with Crippen LogP contribution in [0.3, 0.4) is 0 Å². The Labute approximate surface area is 196 Å². The first-order chi connectivity index (χ1) is 15.3. The molecular weight excluding hydrogens is 380 g/mol. The Bertz CT molecular complexity index is 314. The minimum Gasteiger partial charge on any atom is -0.291 e. The summed E-state index contributed by atoms with van der Waals surface area (Å²) in [5, 5.41) is 0. The highest BCUT2D eigenvalue weighted by atomic mass is 16.1. The second-order valence-corrected chi connectivity index (χ2v) is 9.21. The molecule has 0 spiro atoms. The molecule has 0 aliphatic rings. The highest BCUT2D eigenvalue weighted by Crippen LogP contribution is 2.12. The van der Waals surface area contributed by atoms with Crippen LogP contribution in [0.2, 0.25) is 0 Å². The molecule has 0 saturated carbocycles. The van der Waals surface area contributed by atoms with Crippen molar-refractivity contribution in [3.8, 4) is 0 Å². The van der Waals surface area contributed by atoms with Gasteiger partial charge in [-0.1, -0.05) is 149 Å². The van der Waals surface area contributed by atoms with Gasteiger partial charge in [0.05, 0.1) is 0 Å². The lowest BCUT2D eigenvalue weighted by Gasteiger charge is -2.01. The minimum atomic E-state index is 0.636. The van der Waals surface area contributed by atoms with Gasteiger partial charge in [-0.3, -0.25) is 9.59 Å². The molecular formula is C29H56O2. The van der Waals surface area contributed by atoms with E-state index in [9.17, 15) is 9.59 Å². The van der Waals surface area contributed by atoms with E-state index in [0.29, 0.717) is 12.8 Å². The van der Waals surface area contributed by atoms with E-state index in [0.717, 1.165) is 12.8 Å². The topological polar surface area (TPSA) is 34.1 Å². The van der Waals surface area contributed by atoms with Crippen molar-refractivity contribution >= 4 is 12.6 Å². The van der Waals surface area contributed by atoms with Gasteiger partial charge >= 0.3 is 0 Å². The van der Waals surface area contributed by atoms with E-state index in [1.54, 1.807) is 0 Å². The highest BCUT2D eigenvalue weighted by molar-refractivity contribution is 5.50. The zero-order valence-electron chi connectivity index (χ0n) is 21.5. The molecule has 2 nitrogen and oxygen atoms in total. The van der Waals surface area contributed by atoms with Crippen LogP contribution < -0.4 is 0 Å². The van der Waals surface area contributed by atoms with Crippen LogP contribution in [0, 0.1) is 0 Å². The summed E-state index contributed by atoms with van der Waals surface area (Å²) in [4.78, 5) is 19.9. The molecule has 0 atom stereocenters. The van der Waals surface area contributed by atoms with Crippen LogP contribution in [0.4, 0.5) is 0 Å². The fourth-order valence-electron chi connectivity index (χ4n) is 3.90. The SMILES string of the molecule is CCCCCCCCCCCCCC[C]=O.CCCCCCCCCCCCC[C]=O. The molecule has 0 saturated heterocycles. The van der Waals surface area contributed by atoms with Crippen LogP contribution in [-0.4, -0.2) is 12.6 Å². The first-order valence-electron chi connectivity index (χ1n) is 14.0. The van der Waals surface area contributed by atoms with Crippen molar-refractivity contribution in [2.75, 3.05) is 0 Å². The number of hydrogen-bond donors (Lipinski definition) is 0. The van der Waals surface area contributed by atoms with E-state index < -0.39 is 0 Å². The van der Waals surface area contributed by atoms with Gasteiger partial charge in [-0.25, -0.2) is 0 Å². The lowest BCUT2D eigenvalue weighted by molar-refractivity contribution is 0.532. The Morgan fingerprint density at radius 1 is 0.323 bits per heavy atom. The zero-order chi connectivity index (χ0) is 23.1. The highest BCUT2D eigenvalue weighted by Gasteiger charge is 1.94. The predicted octanol–water partition coefficient (Wildman–Crippen LogP) is 9.98. The molecule has 0 unspecified atom stereocenters. The Hall–Kier alpha value is -0.660. The summed E-state index contributed by atoms with van der Waals surface area (Å²) in [6.07, 6.45) is 36.1. The summed E-state index contributed by atoms with van der Waals surface area (Å²) < 4.78 is 0. The molecule has 2 radical (unpaired) electrons. The first-order valence-corrected chi connectivity index (χ1v) is 14.0. The predicted molar refractivity (Wildman–Crippen MR) is 138 cm³/mol. The van der Waals surface area contributed by atoms with Crippen molar-refractivity contribution in [1.82, 2.24) is 0 Å². The van der Waals surface area contributed by atoms with Gasteiger partial charge < -0.3 is 0 Å². The normalized spacial score (nSPS) is 10.5. The second-order valence-electron chi connectivity index (χ2n) is 9.21. The average Bonchev–Trinajstić information content (AvgIpc) is 2.79. The van der Waals surface area contributed by atoms with Crippen LogP contribution in [0.1, 0.15) is 174 Å². The molecule has 0 aliphatic carbocycles. The maximum Gasteiger partial charge on any atom is 0.198 e. The number of unbranched alkanes of at least 4 members (excludes halogenated alkanes) is 23. The molecule has 31 heavy (non-hydrogen) atoms. The lowest BCUT2D eigenvalue weighted by atomic mass is 10.0. The molecule has 0 bridgehead atoms. The molecule has 0 aromatic carbocycles. The fraction of sp³-hybridized carbons (Fsp3) is 0.931. The summed E-state index contributed by atoms with van der Waals surface area (Å²) in [5.41, 5.74) is 0. The second kappa shape index (κ2) is 34.0. The smallest absolute Gasteiger partial charge is 0.198 e. The number of rotatable bonds is 25. The number of hydrogen-bond acceptors (Lipinski definition) is 2. The molecule has 0 N–H and O–H groups in total. The van der Waals surface area contributed by atoms with Crippen molar-refractivity contribution < 1.29 is 9.59 Å². The summed E-state index contributed by atoms with van der Waals surface area (Å²) >= 11 is 0. The Morgan fingerprint density at radius 2 is 0.516 bits per heavy atom. The van der Waals surface area contributed by atoms with E-state index in [2.05, 4.69) is 13.8 Å². The first kappa shape index (κ1) is 32.5. The van der Waals surface area contributed by atoms with Crippen molar-refractivity contribution in [2.24, 2.45) is 0 Å². The fourth-order valence-corrected chi connectivity index (χ4v) is 3.90. The molecule has 0 aliphatic heterocycles. The van der Waals surface area contributed by atoms with Gasteiger partial charge in [-0.2, -0.15) is 0 Å². The quantitative estimate of drug-likeness (QED) is 0.133. The maximum atomic E-state index is 9.96. The molecule has 0 rings (SSSR count). The molecule has 2 heteroatoms. The van der Waals surface area contributed by atoms with E-state index in [1.807, 2.05) is 12.6 Å². The third kappa shape index (κ3) is 37.0. The standard InChI is InChI=1S/C15H29O.C14H27O/c1-2-3-4-5-6-7-8-9-10-11-12-13-14-15-16;1-2-3-4-5-6-7-8-9-10-11-12-13-14-15/h2-14H2,1H3;2-13H2,1H3. The molecule has 0 aromatic rings. The van der Waals surface area contributed by atoms with Gasteiger partial charge in [-0.15, -0.1) is 0 Å². The van der Waals surface area contributed by atoms with Crippen molar-refractivity contribution in [2.45, 2.75) is 174 Å². The molecule has 0 amide bonds. The Balaban J connectivity index is 0. The maximum absolute atomic E-state index is 9.96. The Morgan fingerprint density at radius 3 is 0.710 bits per heavy atom. The number of carbonyl (C=O) groups excluding carboxylic acids is 2. The van der Waals surface area contributed by atoms with Crippen LogP contribution in [0.15, 0.2) is 0 Å². The van der Waals surface area contributed by atoms with Gasteiger partial charge in [0.25, 0.3) is 0 Å². The van der Waals surface area contributed by atoms with E-state index in [-0.39, 0.29) is 0 Å². The zero-order valence-corrected chi connectivity index (χ0v) is 21.5. The molecule has 0 heterocycles. The van der Waals surface area contributed by atoms with Gasteiger partial charge in [0.1, 0.15) is 0 Å². The molecule has 0 aromatic heterocycles. The van der Waals surface area contributed by atoms with Crippen molar-refractivity contribution in [3.63, 3.8) is 0 Å². The third-order valence-corrected chi connectivity index (χ3v) is 6.01. The van der Waals surface area contributed by atoms with Crippen LogP contribution >= 0.6 is 0 Å². The van der Waals surface area contributed by atoms with Crippen molar-refractivity contribution in [1.29, 1.82) is 0 Å². The summed E-state index contributed by atoms with van der Waals surface area (Å²) in [6.45, 7) is 4.53. The summed E-state index contributed by atoms with van der Waals surface area (Å²) in [6, 6.07) is 0. The third-order valence-electron chi connectivity index (χ3n) is 6.01. The van der Waals surface area contributed by atoms with Gasteiger partial charge in [-0.05, 0) is 12.8 Å². The summed E-state index contributed by atoms with van der Waals surface area (Å²) in [5.74, 6) is 0. The van der Waals surface area contributed by atoms with Crippen LogP contribution in [-0.2, 0) is 9.59 Å². The monoisotopic (exact) mass is 436 g/mol. The Kier molecular flexibility index (Phi) is 35.6. The molecule has 0 fully saturated rings. The van der Waals surface area contributed by atoms with Gasteiger partial charge in [0.15, 0.2) is 12.6 Å². The van der Waals surface area contributed by atoms with Crippen LogP contribution in [0.5, 0.6) is 0 Å². The van der Waals surface area contributed by atoms with Gasteiger partial charge in [0, 0.05) is 12.8 Å². The van der Waals surface area contributed by atoms with E-state index in [4.69, 9.17) is 0 Å². The average molecular weight is 437 g/mol. The van der Waals surface area contributed by atoms with Gasteiger partial charge in [0.2, 0.25) is 0 Å². The molecule has 184 valence electrons. The minimum absolute atomic E-state index is 0.636. The van der Waals surface area contributed by atoms with Crippen molar-refractivity contribution in [3.05, 3.63) is 0 Å².